The molecule has 220 valence electrons. The van der Waals surface area contributed by atoms with Gasteiger partial charge >= 0.3 is 5.65 Å². The Kier molecular flexibility index (Phi) is 7.17. The van der Waals surface area contributed by atoms with Gasteiger partial charge in [-0.15, -0.1) is 4.52 Å². The zero-order valence-corrected chi connectivity index (χ0v) is 24.1. The third kappa shape index (κ3) is 5.52. The van der Waals surface area contributed by atoms with Crippen molar-refractivity contribution < 1.29 is 17.7 Å². The molecule has 0 saturated carbocycles. The number of aromatic nitrogens is 6. The second-order valence-electron chi connectivity index (χ2n) is 10.0. The Hall–Kier alpha value is -5.78. The van der Waals surface area contributed by atoms with Crippen LogP contribution in [-0.2, 0) is 15.9 Å². The number of fused-ring (bicyclic) bond motifs is 2. The third-order valence-electron chi connectivity index (χ3n) is 6.87. The molecule has 0 radical (unpaired) electrons. The van der Waals surface area contributed by atoms with E-state index in [0.717, 1.165) is 0 Å². The number of primary sulfonamides is 1. The van der Waals surface area contributed by atoms with Crippen LogP contribution in [0.4, 0.5) is 5.82 Å². The molecule has 6 rings (SSSR count). The lowest BCUT2D eigenvalue weighted by Gasteiger charge is -2.21. The van der Waals surface area contributed by atoms with Crippen molar-refractivity contribution in [3.05, 3.63) is 118 Å². The van der Waals surface area contributed by atoms with E-state index < -0.39 is 27.8 Å². The van der Waals surface area contributed by atoms with Gasteiger partial charge in [0.25, 0.3) is 11.5 Å². The molecule has 44 heavy (non-hydrogen) atoms. The van der Waals surface area contributed by atoms with Crippen LogP contribution in [0.5, 0.6) is 0 Å². The zero-order valence-electron chi connectivity index (χ0n) is 23.3. The first-order valence-corrected chi connectivity index (χ1v) is 15.0. The van der Waals surface area contributed by atoms with E-state index in [0.29, 0.717) is 38.9 Å². The van der Waals surface area contributed by atoms with Gasteiger partial charge in [-0.25, -0.2) is 18.7 Å². The van der Waals surface area contributed by atoms with Crippen LogP contribution in [0.1, 0.15) is 40.1 Å². The molecular weight excluding hydrogens is 582 g/mol. The molecule has 2 aromatic carbocycles. The Morgan fingerprint density at radius 1 is 1.14 bits per heavy atom. The summed E-state index contributed by atoms with van der Waals surface area (Å²) in [5.41, 5.74) is 8.41. The van der Waals surface area contributed by atoms with Crippen LogP contribution in [0.25, 0.3) is 22.1 Å². The largest absolute Gasteiger partial charge is 0.382 e. The minimum atomic E-state index is -3.77. The average molecular weight is 609 g/mol. The Morgan fingerprint density at radius 2 is 1.93 bits per heavy atom. The number of nitrogens with one attached hydrogen (secondary N) is 2. The summed E-state index contributed by atoms with van der Waals surface area (Å²) in [5, 5.41) is 16.0. The molecule has 0 bridgehead atoms. The van der Waals surface area contributed by atoms with Gasteiger partial charge in [-0.05, 0) is 41.6 Å². The molecule has 1 unspecified atom stereocenters. The summed E-state index contributed by atoms with van der Waals surface area (Å²) >= 11 is 0. The first-order valence-electron chi connectivity index (χ1n) is 13.3. The van der Waals surface area contributed by atoms with Crippen molar-refractivity contribution in [1.29, 1.82) is 0 Å². The number of sulfonamides is 1. The Morgan fingerprint density at radius 3 is 2.70 bits per heavy atom. The van der Waals surface area contributed by atoms with Gasteiger partial charge in [0.1, 0.15) is 12.4 Å². The van der Waals surface area contributed by atoms with Gasteiger partial charge in [-0.3, -0.25) is 18.8 Å². The number of hydrogen-bond donors (Lipinski definition) is 4. The minimum absolute atomic E-state index is 0.158. The van der Waals surface area contributed by atoms with E-state index >= 15 is 0 Å². The molecular formula is C30H26N9O4S+. The number of nitrogen functional groups attached to an aromatic ring is 1. The number of nitrogens with two attached hydrogens (primary N) is 2. The maximum atomic E-state index is 14.2. The average Bonchev–Trinajstić information content (AvgIpc) is 3.57. The van der Waals surface area contributed by atoms with Crippen molar-refractivity contribution in [3.8, 4) is 17.5 Å². The van der Waals surface area contributed by atoms with Crippen molar-refractivity contribution in [3.63, 3.8) is 0 Å². The quantitative estimate of drug-likeness (QED) is 0.162. The molecule has 14 heteroatoms. The van der Waals surface area contributed by atoms with E-state index in [4.69, 9.17) is 10.9 Å². The lowest BCUT2D eigenvalue weighted by atomic mass is 10.0. The summed E-state index contributed by atoms with van der Waals surface area (Å²) in [6.07, 6.45) is 6.15. The summed E-state index contributed by atoms with van der Waals surface area (Å²) in [6, 6.07) is 17.3. The predicted octanol–water partition coefficient (Wildman–Crippen LogP) is 1.37. The summed E-state index contributed by atoms with van der Waals surface area (Å²) in [6.45, 7) is 1.78. The molecule has 0 aliphatic heterocycles. The van der Waals surface area contributed by atoms with Crippen LogP contribution in [0.15, 0.2) is 90.2 Å². The molecule has 4 heterocycles. The van der Waals surface area contributed by atoms with Crippen LogP contribution in [-0.4, -0.2) is 38.8 Å². The van der Waals surface area contributed by atoms with Crippen LogP contribution in [0.2, 0.25) is 0 Å². The Bertz CT molecular complexity index is 2300. The van der Waals surface area contributed by atoms with Gasteiger partial charge in [0.05, 0.1) is 23.2 Å². The number of amides is 1. The van der Waals surface area contributed by atoms with E-state index in [2.05, 4.69) is 32.3 Å². The summed E-state index contributed by atoms with van der Waals surface area (Å²) in [7, 11) is -3.77. The van der Waals surface area contributed by atoms with E-state index in [9.17, 15) is 18.0 Å². The Balaban J connectivity index is 1.43. The molecule has 6 N–H and O–H groups in total. The second-order valence-corrected chi connectivity index (χ2v) is 11.6. The molecule has 1 atom stereocenters. The van der Waals surface area contributed by atoms with E-state index in [1.807, 2.05) is 24.3 Å². The number of benzene rings is 2. The molecule has 0 spiro atoms. The molecule has 4 aromatic heterocycles. The van der Waals surface area contributed by atoms with Gasteiger partial charge in [0.15, 0.2) is 17.3 Å². The number of H-pyrrole nitrogens is 1. The monoisotopic (exact) mass is 608 g/mol. The number of rotatable bonds is 6. The standard InChI is InChI=1S/C30H25N9O4S/c1-19(35-29(40)26-27(31)36-38-14-6-13-33-28(26)38)24-15-22-8-5-7-21(12-11-20-16-34-37(17-20)18-44(32,42)43)25(22)30(41)39(24)23-9-3-2-4-10-23/h2-10,13-17,19H,18H2,1H3,(H5,31,32,35,36,40,42,43)/p+1. The molecule has 13 nitrogen and oxygen atoms in total. The highest BCUT2D eigenvalue weighted by molar-refractivity contribution is 7.88. The minimum Gasteiger partial charge on any atom is -0.382 e. The number of para-hydroxylation sites is 1. The smallest absolute Gasteiger partial charge is 0.362 e. The number of pyridine rings is 1. The van der Waals surface area contributed by atoms with Gasteiger partial charge < -0.3 is 11.1 Å². The molecule has 0 aliphatic carbocycles. The maximum Gasteiger partial charge on any atom is 0.362 e. The fourth-order valence-corrected chi connectivity index (χ4v) is 5.50. The van der Waals surface area contributed by atoms with Crippen LogP contribution >= 0.6 is 0 Å². The van der Waals surface area contributed by atoms with Crippen molar-refractivity contribution >= 4 is 38.2 Å². The SMILES string of the molecule is CC(NC(=O)c1c(N)[nH][n+]2cccnc12)c1cc2cccc(C#Cc3cnn(CS(N)(=O)=O)c3)c2c(=O)n1-c1ccccc1. The molecule has 6 aromatic rings. The lowest BCUT2D eigenvalue weighted by Crippen LogP contribution is -2.33. The van der Waals surface area contributed by atoms with Crippen molar-refractivity contribution in [1.82, 2.24) is 29.7 Å². The zero-order chi connectivity index (χ0) is 31.0. The molecule has 0 saturated heterocycles. The first-order chi connectivity index (χ1) is 21.1. The topological polar surface area (TPSA) is 188 Å². The van der Waals surface area contributed by atoms with Crippen LogP contribution in [0, 0.1) is 11.8 Å². The lowest BCUT2D eigenvalue weighted by molar-refractivity contribution is -0.577. The first kappa shape index (κ1) is 28.3. The van der Waals surface area contributed by atoms with E-state index in [1.54, 1.807) is 64.8 Å². The highest BCUT2D eigenvalue weighted by Gasteiger charge is 2.27. The van der Waals surface area contributed by atoms with Crippen molar-refractivity contribution in [2.45, 2.75) is 18.8 Å². The fourth-order valence-electron chi connectivity index (χ4n) is 4.99. The maximum absolute atomic E-state index is 14.2. The number of anilines is 1. The summed E-state index contributed by atoms with van der Waals surface area (Å²) < 4.78 is 27.1. The number of carbonyl (C=O) groups is 1. The highest BCUT2D eigenvalue weighted by atomic mass is 32.2. The molecule has 1 amide bonds. The van der Waals surface area contributed by atoms with Gasteiger partial charge in [-0.1, -0.05) is 42.2 Å². The number of carbonyl (C=O) groups excluding carboxylic acids is 1. The van der Waals surface area contributed by atoms with E-state index in [-0.39, 0.29) is 16.9 Å². The summed E-state index contributed by atoms with van der Waals surface area (Å²) in [5.74, 6) is 5.20. The number of aromatic amines is 1. The summed E-state index contributed by atoms with van der Waals surface area (Å²) in [4.78, 5) is 32.0. The predicted molar refractivity (Wildman–Crippen MR) is 163 cm³/mol. The van der Waals surface area contributed by atoms with Gasteiger partial charge in [-0.2, -0.15) is 5.10 Å². The Labute approximate surface area is 250 Å². The van der Waals surface area contributed by atoms with Crippen molar-refractivity contribution in [2.75, 3.05) is 5.73 Å². The van der Waals surface area contributed by atoms with Crippen LogP contribution < -0.4 is 26.3 Å². The highest BCUT2D eigenvalue weighted by Crippen LogP contribution is 2.24. The second kappa shape index (κ2) is 11.1. The van der Waals surface area contributed by atoms with Gasteiger partial charge in [0, 0.05) is 29.2 Å². The van der Waals surface area contributed by atoms with Gasteiger partial charge in [0.2, 0.25) is 10.0 Å². The van der Waals surface area contributed by atoms with Crippen molar-refractivity contribution in [2.24, 2.45) is 5.14 Å². The normalized spacial score (nSPS) is 12.1. The van der Waals surface area contributed by atoms with Crippen LogP contribution in [0.3, 0.4) is 0 Å². The number of hydrogen-bond acceptors (Lipinski definition) is 7. The third-order valence-corrected chi connectivity index (χ3v) is 7.50. The fraction of sp³-hybridized carbons (Fsp3) is 0.100. The van der Waals surface area contributed by atoms with E-state index in [1.165, 1.54) is 17.1 Å². The molecule has 0 aliphatic rings. The number of nitrogens with zero attached hydrogens (tertiary/aromatic N) is 5. The molecule has 0 fully saturated rings.